The third kappa shape index (κ3) is 2.85. The van der Waals surface area contributed by atoms with E-state index in [1.807, 2.05) is 6.92 Å². The van der Waals surface area contributed by atoms with Crippen LogP contribution in [-0.2, 0) is 9.59 Å². The predicted octanol–water partition coefficient (Wildman–Crippen LogP) is 4.00. The summed E-state index contributed by atoms with van der Waals surface area (Å²) in [5.41, 5.74) is 0.858. The van der Waals surface area contributed by atoms with Crippen molar-refractivity contribution in [2.45, 2.75) is 6.92 Å². The van der Waals surface area contributed by atoms with E-state index in [1.165, 1.54) is 54.2 Å². The Bertz CT molecular complexity index is 846. The molecule has 0 aliphatic carbocycles. The zero-order valence-electron chi connectivity index (χ0n) is 12.8. The number of anilines is 1. The molecule has 6 heteroatoms. The fraction of sp³-hybridized carbons (Fsp3) is 0.111. The summed E-state index contributed by atoms with van der Waals surface area (Å²) >= 11 is 1.24. The molecule has 24 heavy (non-hydrogen) atoms. The van der Waals surface area contributed by atoms with Gasteiger partial charge in [-0.15, -0.1) is 11.8 Å². The van der Waals surface area contributed by atoms with Crippen molar-refractivity contribution >= 4 is 34.8 Å². The van der Waals surface area contributed by atoms with E-state index < -0.39 is 23.4 Å². The Morgan fingerprint density at radius 2 is 1.67 bits per heavy atom. The Morgan fingerprint density at radius 1 is 0.958 bits per heavy atom. The van der Waals surface area contributed by atoms with Crippen LogP contribution >= 0.6 is 11.8 Å². The summed E-state index contributed by atoms with van der Waals surface area (Å²) in [6.45, 7) is 1.86. The van der Waals surface area contributed by atoms with Gasteiger partial charge in [-0.25, -0.2) is 13.7 Å². The first-order chi connectivity index (χ1) is 11.5. The molecule has 0 atom stereocenters. The lowest BCUT2D eigenvalue weighted by Crippen LogP contribution is -2.31. The molecule has 0 unspecified atom stereocenters. The summed E-state index contributed by atoms with van der Waals surface area (Å²) in [7, 11) is 0. The zero-order valence-corrected chi connectivity index (χ0v) is 13.6. The summed E-state index contributed by atoms with van der Waals surface area (Å²) in [5, 5.41) is 0. The van der Waals surface area contributed by atoms with Gasteiger partial charge in [0, 0.05) is 0 Å². The Hall–Kier alpha value is -2.47. The van der Waals surface area contributed by atoms with Crippen molar-refractivity contribution in [3.05, 3.63) is 70.6 Å². The molecular formula is C18H13F2NO2S. The molecule has 0 fully saturated rings. The fourth-order valence-electron chi connectivity index (χ4n) is 2.51. The number of benzene rings is 2. The number of imide groups is 1. The molecule has 0 saturated carbocycles. The summed E-state index contributed by atoms with van der Waals surface area (Å²) in [6, 6.07) is 10.7. The molecule has 1 aliphatic heterocycles. The highest BCUT2D eigenvalue weighted by atomic mass is 32.2. The van der Waals surface area contributed by atoms with Gasteiger partial charge in [0.25, 0.3) is 11.8 Å². The fourth-order valence-corrected chi connectivity index (χ4v) is 3.36. The van der Waals surface area contributed by atoms with Crippen LogP contribution in [0.25, 0.3) is 5.57 Å². The number of hydrogen-bond acceptors (Lipinski definition) is 3. The normalized spacial score (nSPS) is 14.7. The van der Waals surface area contributed by atoms with Crippen LogP contribution in [0.2, 0.25) is 0 Å². The molecule has 0 aromatic heterocycles. The van der Waals surface area contributed by atoms with Crippen LogP contribution in [0.5, 0.6) is 0 Å². The highest BCUT2D eigenvalue weighted by molar-refractivity contribution is 8.04. The highest BCUT2D eigenvalue weighted by Crippen LogP contribution is 2.38. The molecule has 1 heterocycles. The first kappa shape index (κ1) is 16.4. The van der Waals surface area contributed by atoms with Gasteiger partial charge in [-0.3, -0.25) is 9.59 Å². The van der Waals surface area contributed by atoms with Crippen molar-refractivity contribution in [2.75, 3.05) is 10.7 Å². The number of hydrogen-bond donors (Lipinski definition) is 0. The van der Waals surface area contributed by atoms with Gasteiger partial charge in [-0.1, -0.05) is 25.1 Å². The minimum absolute atomic E-state index is 0.177. The largest absolute Gasteiger partial charge is 0.272 e. The van der Waals surface area contributed by atoms with Crippen molar-refractivity contribution in [2.24, 2.45) is 0 Å². The molecule has 2 aromatic carbocycles. The smallest absolute Gasteiger partial charge is 0.268 e. The minimum Gasteiger partial charge on any atom is -0.268 e. The number of amides is 2. The minimum atomic E-state index is -0.534. The van der Waals surface area contributed by atoms with E-state index in [0.29, 0.717) is 16.2 Å². The maximum Gasteiger partial charge on any atom is 0.272 e. The molecule has 2 aromatic rings. The summed E-state index contributed by atoms with van der Waals surface area (Å²) in [4.78, 5) is 26.8. The van der Waals surface area contributed by atoms with Crippen LogP contribution in [0.3, 0.4) is 0 Å². The van der Waals surface area contributed by atoms with Crippen molar-refractivity contribution in [3.8, 4) is 0 Å². The van der Waals surface area contributed by atoms with Gasteiger partial charge in [0.1, 0.15) is 11.6 Å². The molecule has 0 spiro atoms. The van der Waals surface area contributed by atoms with E-state index >= 15 is 0 Å². The number of halogens is 2. The van der Waals surface area contributed by atoms with Crippen molar-refractivity contribution in [1.29, 1.82) is 0 Å². The van der Waals surface area contributed by atoms with Crippen molar-refractivity contribution in [1.82, 2.24) is 0 Å². The molecular weight excluding hydrogens is 332 g/mol. The van der Waals surface area contributed by atoms with Crippen LogP contribution < -0.4 is 4.90 Å². The quantitative estimate of drug-likeness (QED) is 0.786. The average Bonchev–Trinajstić information content (AvgIpc) is 2.80. The first-order valence-electron chi connectivity index (χ1n) is 7.30. The van der Waals surface area contributed by atoms with Gasteiger partial charge in [-0.05, 0) is 41.6 Å². The number of rotatable bonds is 4. The van der Waals surface area contributed by atoms with E-state index in [4.69, 9.17) is 0 Å². The van der Waals surface area contributed by atoms with Gasteiger partial charge < -0.3 is 0 Å². The lowest BCUT2D eigenvalue weighted by Gasteiger charge is -2.15. The first-order valence-corrected chi connectivity index (χ1v) is 8.29. The second kappa shape index (κ2) is 6.57. The van der Waals surface area contributed by atoms with E-state index in [9.17, 15) is 18.4 Å². The van der Waals surface area contributed by atoms with Crippen LogP contribution in [0, 0.1) is 11.6 Å². The second-order valence-electron chi connectivity index (χ2n) is 5.07. The van der Waals surface area contributed by atoms with E-state index in [2.05, 4.69) is 0 Å². The molecule has 0 N–H and O–H groups in total. The van der Waals surface area contributed by atoms with Gasteiger partial charge in [0.05, 0.1) is 16.2 Å². The van der Waals surface area contributed by atoms with Crippen molar-refractivity contribution < 1.29 is 18.4 Å². The SMILES string of the molecule is CCSC1=C(c2ccc(F)cc2)C(=O)N(c2cccc(F)c2)C1=O. The maximum absolute atomic E-state index is 13.5. The van der Waals surface area contributed by atoms with Crippen molar-refractivity contribution in [3.63, 3.8) is 0 Å². The Balaban J connectivity index is 2.09. The third-order valence-electron chi connectivity index (χ3n) is 3.53. The lowest BCUT2D eigenvalue weighted by atomic mass is 10.1. The van der Waals surface area contributed by atoms with Crippen LogP contribution in [0.4, 0.5) is 14.5 Å². The number of carbonyl (C=O) groups is 2. The zero-order chi connectivity index (χ0) is 17.3. The molecule has 3 nitrogen and oxygen atoms in total. The number of nitrogens with zero attached hydrogens (tertiary/aromatic N) is 1. The molecule has 0 bridgehead atoms. The predicted molar refractivity (Wildman–Crippen MR) is 90.3 cm³/mol. The van der Waals surface area contributed by atoms with E-state index in [-0.39, 0.29) is 11.3 Å². The van der Waals surface area contributed by atoms with Gasteiger partial charge in [0.2, 0.25) is 0 Å². The third-order valence-corrected chi connectivity index (χ3v) is 4.49. The average molecular weight is 345 g/mol. The van der Waals surface area contributed by atoms with E-state index in [0.717, 1.165) is 11.0 Å². The Kier molecular flexibility index (Phi) is 4.49. The van der Waals surface area contributed by atoms with E-state index in [1.54, 1.807) is 0 Å². The molecule has 0 radical (unpaired) electrons. The second-order valence-corrected chi connectivity index (χ2v) is 6.34. The number of carbonyl (C=O) groups excluding carboxylic acids is 2. The highest BCUT2D eigenvalue weighted by Gasteiger charge is 2.40. The van der Waals surface area contributed by atoms with Gasteiger partial charge in [-0.2, -0.15) is 0 Å². The lowest BCUT2D eigenvalue weighted by molar-refractivity contribution is -0.119. The van der Waals surface area contributed by atoms with Gasteiger partial charge >= 0.3 is 0 Å². The monoisotopic (exact) mass is 345 g/mol. The van der Waals surface area contributed by atoms with Crippen LogP contribution in [0.15, 0.2) is 53.4 Å². The summed E-state index contributed by atoms with van der Waals surface area (Å²) < 4.78 is 26.6. The maximum atomic E-state index is 13.5. The topological polar surface area (TPSA) is 37.4 Å². The Labute approximate surface area is 142 Å². The van der Waals surface area contributed by atoms with Gasteiger partial charge in [0.15, 0.2) is 0 Å². The summed E-state index contributed by atoms with van der Waals surface area (Å²) in [5.74, 6) is -1.39. The number of thioether (sulfide) groups is 1. The standard InChI is InChI=1S/C18H13F2NO2S/c1-2-24-16-15(11-6-8-12(19)9-7-11)17(22)21(18(16)23)14-5-3-4-13(20)10-14/h3-10H,2H2,1H3. The molecule has 1 aliphatic rings. The molecule has 2 amide bonds. The van der Waals surface area contributed by atoms with Crippen LogP contribution in [0.1, 0.15) is 12.5 Å². The molecule has 3 rings (SSSR count). The summed E-state index contributed by atoms with van der Waals surface area (Å²) in [6.07, 6.45) is 0. The Morgan fingerprint density at radius 3 is 2.29 bits per heavy atom. The molecule has 122 valence electrons. The molecule has 0 saturated heterocycles. The van der Waals surface area contributed by atoms with Crippen LogP contribution in [-0.4, -0.2) is 17.6 Å².